The second-order valence-corrected chi connectivity index (χ2v) is 5.61. The number of hydrogen-bond donors (Lipinski definition) is 3. The van der Waals surface area contributed by atoms with Gasteiger partial charge in [0.25, 0.3) is 11.8 Å². The van der Waals surface area contributed by atoms with Gasteiger partial charge in [0.05, 0.1) is 5.56 Å². The summed E-state index contributed by atoms with van der Waals surface area (Å²) in [6.07, 6.45) is 0.273. The number of carbonyl (C=O) groups is 3. The molecule has 0 fully saturated rings. The van der Waals surface area contributed by atoms with Gasteiger partial charge in [-0.05, 0) is 19.4 Å². The maximum atomic E-state index is 12.1. The number of aliphatic carboxylic acids is 1. The molecule has 8 heteroatoms. The molecule has 1 aromatic heterocycles. The number of carbonyl (C=O) groups excluding carboxylic acids is 2. The van der Waals surface area contributed by atoms with E-state index in [2.05, 4.69) is 10.6 Å². The van der Waals surface area contributed by atoms with Crippen LogP contribution in [0.2, 0.25) is 0 Å². The van der Waals surface area contributed by atoms with Gasteiger partial charge in [-0.1, -0.05) is 6.92 Å². The Balaban J connectivity index is 2.89. The molecule has 0 aliphatic heterocycles. The van der Waals surface area contributed by atoms with Crippen molar-refractivity contribution in [2.24, 2.45) is 0 Å². The lowest BCUT2D eigenvalue weighted by Crippen LogP contribution is -2.40. The lowest BCUT2D eigenvalue weighted by Gasteiger charge is -2.12. The molecular formula is C13H18N2O5S. The Morgan fingerprint density at radius 2 is 2.10 bits per heavy atom. The third kappa shape index (κ3) is 4.83. The van der Waals surface area contributed by atoms with Crippen molar-refractivity contribution < 1.29 is 24.2 Å². The zero-order valence-corrected chi connectivity index (χ0v) is 12.9. The van der Waals surface area contributed by atoms with Crippen molar-refractivity contribution in [3.05, 3.63) is 16.5 Å². The van der Waals surface area contributed by atoms with Gasteiger partial charge in [0.2, 0.25) is 0 Å². The molecular weight excluding hydrogens is 296 g/mol. The van der Waals surface area contributed by atoms with E-state index in [1.54, 1.807) is 19.9 Å². The first-order valence-electron chi connectivity index (χ1n) is 6.31. The van der Waals surface area contributed by atoms with Crippen LogP contribution in [0.1, 0.15) is 28.6 Å². The van der Waals surface area contributed by atoms with Crippen LogP contribution in [0, 0.1) is 6.92 Å². The van der Waals surface area contributed by atoms with Crippen molar-refractivity contribution in [3.63, 3.8) is 0 Å². The lowest BCUT2D eigenvalue weighted by molar-refractivity contribution is -0.139. The van der Waals surface area contributed by atoms with Crippen molar-refractivity contribution in [3.8, 4) is 0 Å². The van der Waals surface area contributed by atoms with Crippen molar-refractivity contribution in [2.75, 3.05) is 19.0 Å². The number of aryl methyl sites for hydroxylation is 1. The van der Waals surface area contributed by atoms with Crippen LogP contribution in [0.4, 0.5) is 5.00 Å². The highest BCUT2D eigenvalue weighted by Crippen LogP contribution is 2.27. The highest BCUT2D eigenvalue weighted by atomic mass is 32.1. The van der Waals surface area contributed by atoms with E-state index in [1.165, 1.54) is 18.4 Å². The highest BCUT2D eigenvalue weighted by molar-refractivity contribution is 7.16. The summed E-state index contributed by atoms with van der Waals surface area (Å²) in [5.41, 5.74) is 0.252. The topological polar surface area (TPSA) is 105 Å². The molecule has 0 radical (unpaired) electrons. The Morgan fingerprint density at radius 3 is 2.62 bits per heavy atom. The standard InChI is InChI=1S/C13H18N2O5S/c1-4-9(13(18)19)14-11(17)8-5-7(2)21-12(8)15-10(16)6-20-3/h5,9H,4,6H2,1-3H3,(H,14,17)(H,15,16)(H,18,19). The molecule has 21 heavy (non-hydrogen) atoms. The first-order chi connectivity index (χ1) is 9.88. The highest BCUT2D eigenvalue weighted by Gasteiger charge is 2.22. The molecule has 1 aromatic rings. The van der Waals surface area contributed by atoms with Crippen LogP contribution in [0.5, 0.6) is 0 Å². The fourth-order valence-electron chi connectivity index (χ4n) is 1.64. The largest absolute Gasteiger partial charge is 0.480 e. The van der Waals surface area contributed by atoms with E-state index in [9.17, 15) is 14.4 Å². The van der Waals surface area contributed by atoms with Gasteiger partial charge in [0, 0.05) is 12.0 Å². The first-order valence-corrected chi connectivity index (χ1v) is 7.13. The van der Waals surface area contributed by atoms with Crippen molar-refractivity contribution >= 4 is 34.1 Å². The van der Waals surface area contributed by atoms with Gasteiger partial charge < -0.3 is 20.5 Å². The molecule has 0 spiro atoms. The summed E-state index contributed by atoms with van der Waals surface area (Å²) >= 11 is 1.24. The van der Waals surface area contributed by atoms with E-state index in [-0.39, 0.29) is 24.5 Å². The van der Waals surface area contributed by atoms with Crippen molar-refractivity contribution in [1.29, 1.82) is 0 Å². The quantitative estimate of drug-likeness (QED) is 0.702. The second-order valence-electron chi connectivity index (χ2n) is 4.35. The second kappa shape index (κ2) is 7.75. The number of carboxylic acids is 1. The smallest absolute Gasteiger partial charge is 0.326 e. The maximum Gasteiger partial charge on any atom is 0.326 e. The van der Waals surface area contributed by atoms with Gasteiger partial charge in [-0.15, -0.1) is 11.3 Å². The fraction of sp³-hybridized carbons (Fsp3) is 0.462. The third-order valence-electron chi connectivity index (χ3n) is 2.64. The predicted molar refractivity (Wildman–Crippen MR) is 78.7 cm³/mol. The maximum absolute atomic E-state index is 12.1. The van der Waals surface area contributed by atoms with Crippen LogP contribution in [0.3, 0.4) is 0 Å². The molecule has 0 bridgehead atoms. The zero-order valence-electron chi connectivity index (χ0n) is 12.1. The number of ether oxygens (including phenoxy) is 1. The zero-order chi connectivity index (χ0) is 16.0. The molecule has 1 unspecified atom stereocenters. The fourth-order valence-corrected chi connectivity index (χ4v) is 2.57. The normalized spacial score (nSPS) is 11.8. The molecule has 0 aromatic carbocycles. The van der Waals surface area contributed by atoms with Crippen LogP contribution < -0.4 is 10.6 Å². The summed E-state index contributed by atoms with van der Waals surface area (Å²) in [4.78, 5) is 35.5. The summed E-state index contributed by atoms with van der Waals surface area (Å²) < 4.78 is 4.71. The number of methoxy groups -OCH3 is 1. The minimum atomic E-state index is -1.09. The van der Waals surface area contributed by atoms with Gasteiger partial charge >= 0.3 is 5.97 Å². The molecule has 116 valence electrons. The molecule has 2 amide bonds. The number of thiophene rings is 1. The Morgan fingerprint density at radius 1 is 1.43 bits per heavy atom. The van der Waals surface area contributed by atoms with Crippen LogP contribution in [0.25, 0.3) is 0 Å². The SMILES string of the molecule is CCC(NC(=O)c1cc(C)sc1NC(=O)COC)C(=O)O. The summed E-state index contributed by atoms with van der Waals surface area (Å²) in [6.45, 7) is 3.34. The molecule has 3 N–H and O–H groups in total. The summed E-state index contributed by atoms with van der Waals surface area (Å²) in [7, 11) is 1.39. The molecule has 0 aliphatic rings. The van der Waals surface area contributed by atoms with E-state index < -0.39 is 17.9 Å². The van der Waals surface area contributed by atoms with E-state index in [4.69, 9.17) is 9.84 Å². The molecule has 1 heterocycles. The van der Waals surface area contributed by atoms with Crippen molar-refractivity contribution in [1.82, 2.24) is 5.32 Å². The van der Waals surface area contributed by atoms with Crippen LogP contribution in [0.15, 0.2) is 6.07 Å². The Bertz CT molecular complexity index is 541. The average molecular weight is 314 g/mol. The number of amides is 2. The number of rotatable bonds is 7. The predicted octanol–water partition coefficient (Wildman–Crippen LogP) is 1.23. The van der Waals surface area contributed by atoms with Gasteiger partial charge in [0.15, 0.2) is 0 Å². The first kappa shape index (κ1) is 17.1. The number of anilines is 1. The molecule has 7 nitrogen and oxygen atoms in total. The van der Waals surface area contributed by atoms with Crippen LogP contribution in [-0.4, -0.2) is 42.6 Å². The molecule has 0 saturated heterocycles. The van der Waals surface area contributed by atoms with E-state index in [0.29, 0.717) is 5.00 Å². The Hall–Kier alpha value is -1.93. The number of hydrogen-bond acceptors (Lipinski definition) is 5. The average Bonchev–Trinajstić information content (AvgIpc) is 2.76. The minimum absolute atomic E-state index is 0.120. The number of carboxylic acid groups (broad SMARTS) is 1. The minimum Gasteiger partial charge on any atom is -0.480 e. The Kier molecular flexibility index (Phi) is 6.32. The molecule has 1 atom stereocenters. The van der Waals surface area contributed by atoms with E-state index >= 15 is 0 Å². The van der Waals surface area contributed by atoms with Crippen molar-refractivity contribution in [2.45, 2.75) is 26.3 Å². The van der Waals surface area contributed by atoms with Gasteiger partial charge in [-0.3, -0.25) is 9.59 Å². The summed E-state index contributed by atoms with van der Waals surface area (Å²) in [5, 5.41) is 14.3. The van der Waals surface area contributed by atoms with Gasteiger partial charge in [-0.2, -0.15) is 0 Å². The summed E-state index contributed by atoms with van der Waals surface area (Å²) in [6, 6.07) is 0.650. The monoisotopic (exact) mass is 314 g/mol. The van der Waals surface area contributed by atoms with Crippen LogP contribution >= 0.6 is 11.3 Å². The summed E-state index contributed by atoms with van der Waals surface area (Å²) in [5.74, 6) is -2.00. The molecule has 0 saturated carbocycles. The third-order valence-corrected chi connectivity index (χ3v) is 3.61. The number of nitrogens with one attached hydrogen (secondary N) is 2. The van der Waals surface area contributed by atoms with Crippen LogP contribution in [-0.2, 0) is 14.3 Å². The van der Waals surface area contributed by atoms with Gasteiger partial charge in [0.1, 0.15) is 17.6 Å². The van der Waals surface area contributed by atoms with E-state index in [1.807, 2.05) is 0 Å². The van der Waals surface area contributed by atoms with Gasteiger partial charge in [-0.25, -0.2) is 4.79 Å². The molecule has 1 rings (SSSR count). The Labute approximate surface area is 126 Å². The lowest BCUT2D eigenvalue weighted by atomic mass is 10.2. The van der Waals surface area contributed by atoms with E-state index in [0.717, 1.165) is 4.88 Å². The molecule has 0 aliphatic carbocycles.